The average molecular weight is 325 g/mol. The van der Waals surface area contributed by atoms with Gasteiger partial charge in [0.2, 0.25) is 0 Å². The average Bonchev–Trinajstić information content (AvgIpc) is 2.58. The number of carbonyl (C=O) groups is 1. The summed E-state index contributed by atoms with van der Waals surface area (Å²) in [4.78, 5) is 30.7. The lowest BCUT2D eigenvalue weighted by Crippen LogP contribution is -2.30. The van der Waals surface area contributed by atoms with Gasteiger partial charge in [-0.15, -0.1) is 0 Å². The molecule has 5 nitrogen and oxygen atoms in total. The minimum absolute atomic E-state index is 0.0236. The molecule has 0 aliphatic heterocycles. The van der Waals surface area contributed by atoms with E-state index in [-0.39, 0.29) is 5.56 Å². The molecule has 1 amide bonds. The van der Waals surface area contributed by atoms with Crippen molar-refractivity contribution in [2.45, 2.75) is 12.8 Å². The van der Waals surface area contributed by atoms with Crippen molar-refractivity contribution in [1.82, 2.24) is 15.3 Å². The summed E-state index contributed by atoms with van der Waals surface area (Å²) < 4.78 is 13.2. The summed E-state index contributed by atoms with van der Waals surface area (Å²) in [7, 11) is 0. The Hall–Kier alpha value is -3.02. The molecule has 0 fully saturated rings. The van der Waals surface area contributed by atoms with Gasteiger partial charge in [-0.25, -0.2) is 4.39 Å². The molecule has 0 radical (unpaired) electrons. The molecular formula is C18H16FN3O2. The van der Waals surface area contributed by atoms with E-state index < -0.39 is 17.3 Å². The molecule has 2 aromatic heterocycles. The molecule has 1 aromatic carbocycles. The van der Waals surface area contributed by atoms with Crippen LogP contribution in [0.4, 0.5) is 4.39 Å². The first-order valence-corrected chi connectivity index (χ1v) is 7.63. The number of aromatic nitrogens is 2. The molecule has 3 rings (SSSR count). The zero-order chi connectivity index (χ0) is 16.9. The van der Waals surface area contributed by atoms with Crippen LogP contribution in [0.3, 0.4) is 0 Å². The highest BCUT2D eigenvalue weighted by Gasteiger charge is 2.11. The molecule has 122 valence electrons. The fourth-order valence-electron chi connectivity index (χ4n) is 2.48. The standard InChI is InChI=1S/C18H16FN3O2/c19-14-6-5-13-9-15(18(24)22-16(13)10-14)17(23)21-8-2-4-12-3-1-7-20-11-12/h1,3,5-7,9-11H,2,4,8H2,(H,21,23)(H,22,24). The maximum atomic E-state index is 13.2. The number of nitrogens with one attached hydrogen (secondary N) is 2. The van der Waals surface area contributed by atoms with E-state index in [4.69, 9.17) is 0 Å². The Morgan fingerprint density at radius 3 is 2.92 bits per heavy atom. The molecule has 0 unspecified atom stereocenters. The van der Waals surface area contributed by atoms with Crippen molar-refractivity contribution in [3.8, 4) is 0 Å². The number of halogens is 1. The third-order valence-corrected chi connectivity index (χ3v) is 3.70. The molecule has 24 heavy (non-hydrogen) atoms. The van der Waals surface area contributed by atoms with Gasteiger partial charge in [0.15, 0.2) is 0 Å². The number of aryl methyl sites for hydroxylation is 1. The fourth-order valence-corrected chi connectivity index (χ4v) is 2.48. The highest BCUT2D eigenvalue weighted by molar-refractivity contribution is 5.97. The first-order valence-electron chi connectivity index (χ1n) is 7.63. The number of hydrogen-bond acceptors (Lipinski definition) is 3. The molecule has 2 heterocycles. The molecule has 0 atom stereocenters. The monoisotopic (exact) mass is 325 g/mol. The third kappa shape index (κ3) is 3.65. The van der Waals surface area contributed by atoms with Crippen LogP contribution in [0.1, 0.15) is 22.3 Å². The number of H-pyrrole nitrogens is 1. The summed E-state index contributed by atoms with van der Waals surface area (Å²) >= 11 is 0. The lowest BCUT2D eigenvalue weighted by atomic mass is 10.1. The van der Waals surface area contributed by atoms with Gasteiger partial charge in [-0.05, 0) is 54.1 Å². The number of rotatable bonds is 5. The van der Waals surface area contributed by atoms with Gasteiger partial charge in [-0.3, -0.25) is 14.6 Å². The molecule has 3 aromatic rings. The predicted octanol–water partition coefficient (Wildman–Crippen LogP) is 2.42. The summed E-state index contributed by atoms with van der Waals surface area (Å²) in [5, 5.41) is 3.34. The molecule has 2 N–H and O–H groups in total. The minimum atomic E-state index is -0.530. The Kier molecular flexibility index (Phi) is 4.65. The van der Waals surface area contributed by atoms with Crippen molar-refractivity contribution in [3.05, 3.63) is 76.1 Å². The number of nitrogens with zero attached hydrogens (tertiary/aromatic N) is 1. The van der Waals surface area contributed by atoms with Crippen LogP contribution in [0, 0.1) is 5.82 Å². The zero-order valence-electron chi connectivity index (χ0n) is 12.9. The van der Waals surface area contributed by atoms with Crippen LogP contribution in [0.2, 0.25) is 0 Å². The van der Waals surface area contributed by atoms with E-state index in [2.05, 4.69) is 15.3 Å². The second-order valence-electron chi connectivity index (χ2n) is 5.46. The second-order valence-corrected chi connectivity index (χ2v) is 5.46. The van der Waals surface area contributed by atoms with E-state index in [1.807, 2.05) is 12.1 Å². The fraction of sp³-hybridized carbons (Fsp3) is 0.167. The van der Waals surface area contributed by atoms with Crippen molar-refractivity contribution in [2.75, 3.05) is 6.54 Å². The summed E-state index contributed by atoms with van der Waals surface area (Å²) in [5.41, 5.74) is 0.957. The van der Waals surface area contributed by atoms with Gasteiger partial charge in [-0.2, -0.15) is 0 Å². The SMILES string of the molecule is O=C(NCCCc1cccnc1)c1cc2ccc(F)cc2[nH]c1=O. The molecule has 0 saturated heterocycles. The number of fused-ring (bicyclic) bond motifs is 1. The summed E-state index contributed by atoms with van der Waals surface area (Å²) in [6.45, 7) is 0.453. The largest absolute Gasteiger partial charge is 0.352 e. The number of aromatic amines is 1. The maximum Gasteiger partial charge on any atom is 0.261 e. The maximum absolute atomic E-state index is 13.2. The van der Waals surface area contributed by atoms with Gasteiger partial charge in [0, 0.05) is 18.9 Å². The summed E-state index contributed by atoms with van der Waals surface area (Å²) in [6, 6.07) is 9.36. The van der Waals surface area contributed by atoms with Crippen LogP contribution < -0.4 is 10.9 Å². The van der Waals surface area contributed by atoms with E-state index in [1.54, 1.807) is 12.4 Å². The number of benzene rings is 1. The van der Waals surface area contributed by atoms with Crippen molar-refractivity contribution in [1.29, 1.82) is 0 Å². The highest BCUT2D eigenvalue weighted by Crippen LogP contribution is 2.12. The Morgan fingerprint density at radius 2 is 2.12 bits per heavy atom. The van der Waals surface area contributed by atoms with Crippen molar-refractivity contribution < 1.29 is 9.18 Å². The second kappa shape index (κ2) is 7.04. The first-order chi connectivity index (χ1) is 11.6. The lowest BCUT2D eigenvalue weighted by molar-refractivity contribution is 0.0952. The van der Waals surface area contributed by atoms with Gasteiger partial charge < -0.3 is 10.3 Å². The topological polar surface area (TPSA) is 74.8 Å². The summed E-state index contributed by atoms with van der Waals surface area (Å²) in [6.07, 6.45) is 5.04. The first kappa shape index (κ1) is 15.9. The van der Waals surface area contributed by atoms with Crippen molar-refractivity contribution in [3.63, 3.8) is 0 Å². The Morgan fingerprint density at radius 1 is 1.25 bits per heavy atom. The quantitative estimate of drug-likeness (QED) is 0.708. The number of amides is 1. The number of hydrogen-bond donors (Lipinski definition) is 2. The predicted molar refractivity (Wildman–Crippen MR) is 89.4 cm³/mol. The van der Waals surface area contributed by atoms with Gasteiger partial charge in [0.05, 0.1) is 5.52 Å². The molecule has 0 aliphatic rings. The van der Waals surface area contributed by atoms with Crippen LogP contribution in [0.15, 0.2) is 53.6 Å². The van der Waals surface area contributed by atoms with Crippen LogP contribution >= 0.6 is 0 Å². The van der Waals surface area contributed by atoms with E-state index in [9.17, 15) is 14.0 Å². The third-order valence-electron chi connectivity index (χ3n) is 3.70. The van der Waals surface area contributed by atoms with Crippen molar-refractivity contribution in [2.24, 2.45) is 0 Å². The van der Waals surface area contributed by atoms with Crippen molar-refractivity contribution >= 4 is 16.8 Å². The lowest BCUT2D eigenvalue weighted by Gasteiger charge is -2.06. The van der Waals surface area contributed by atoms with E-state index >= 15 is 0 Å². The Bertz CT molecular complexity index is 922. The highest BCUT2D eigenvalue weighted by atomic mass is 19.1. The molecule has 0 aliphatic carbocycles. The van der Waals surface area contributed by atoms with Gasteiger partial charge in [-0.1, -0.05) is 6.07 Å². The Balaban J connectivity index is 1.64. The van der Waals surface area contributed by atoms with E-state index in [0.29, 0.717) is 17.4 Å². The normalized spacial score (nSPS) is 10.7. The van der Waals surface area contributed by atoms with Crippen LogP contribution in [-0.4, -0.2) is 22.4 Å². The number of carbonyl (C=O) groups excluding carboxylic acids is 1. The molecule has 0 bridgehead atoms. The Labute approximate surface area is 137 Å². The molecule has 0 saturated carbocycles. The smallest absolute Gasteiger partial charge is 0.261 e. The van der Waals surface area contributed by atoms with Crippen LogP contribution in [0.25, 0.3) is 10.9 Å². The number of pyridine rings is 2. The van der Waals surface area contributed by atoms with Crippen LogP contribution in [-0.2, 0) is 6.42 Å². The molecule has 6 heteroatoms. The van der Waals surface area contributed by atoms with Crippen LogP contribution in [0.5, 0.6) is 0 Å². The van der Waals surface area contributed by atoms with Gasteiger partial charge >= 0.3 is 0 Å². The van der Waals surface area contributed by atoms with Gasteiger partial charge in [0.1, 0.15) is 11.4 Å². The summed E-state index contributed by atoms with van der Waals surface area (Å²) in [5.74, 6) is -0.876. The minimum Gasteiger partial charge on any atom is -0.352 e. The van der Waals surface area contributed by atoms with E-state index in [1.165, 1.54) is 24.3 Å². The van der Waals surface area contributed by atoms with E-state index in [0.717, 1.165) is 18.4 Å². The van der Waals surface area contributed by atoms with Gasteiger partial charge in [0.25, 0.3) is 11.5 Å². The molecular weight excluding hydrogens is 309 g/mol. The zero-order valence-corrected chi connectivity index (χ0v) is 12.9. The molecule has 0 spiro atoms.